The number of ether oxygens (including phenoxy) is 1. The van der Waals surface area contributed by atoms with Crippen molar-refractivity contribution in [3.8, 4) is 5.75 Å². The lowest BCUT2D eigenvalue weighted by molar-refractivity contribution is -0.113. The van der Waals surface area contributed by atoms with Gasteiger partial charge in [-0.2, -0.15) is 0 Å². The van der Waals surface area contributed by atoms with Crippen LogP contribution in [0.4, 0.5) is 11.5 Å². The minimum Gasteiger partial charge on any atom is -0.491 e. The Morgan fingerprint density at radius 3 is 2.44 bits per heavy atom. The first-order valence-electron chi connectivity index (χ1n) is 7.74. The monoisotopic (exact) mass is 363 g/mol. The highest BCUT2D eigenvalue weighted by atomic mass is 32.2. The zero-order chi connectivity index (χ0) is 18.4. The summed E-state index contributed by atoms with van der Waals surface area (Å²) in [6, 6.07) is 11.6. The summed E-state index contributed by atoms with van der Waals surface area (Å²) in [6.45, 7) is 5.58. The minimum atomic E-state index is -3.83. The summed E-state index contributed by atoms with van der Waals surface area (Å²) in [7, 11) is -3.83. The van der Waals surface area contributed by atoms with E-state index in [9.17, 15) is 13.2 Å². The summed E-state index contributed by atoms with van der Waals surface area (Å²) in [5, 5.41) is 2.47. The average molecular weight is 363 g/mol. The SMILES string of the molecule is Cc1cccc(NC(=O)CS(=O)(=O)Nc2ccc(OC(C)C)cc2)n1. The van der Waals surface area contributed by atoms with Crippen LogP contribution in [-0.4, -0.2) is 31.2 Å². The molecule has 2 rings (SSSR count). The summed E-state index contributed by atoms with van der Waals surface area (Å²) in [5.41, 5.74) is 1.08. The fourth-order valence-electron chi connectivity index (χ4n) is 2.05. The molecule has 7 nitrogen and oxygen atoms in total. The average Bonchev–Trinajstić information content (AvgIpc) is 2.47. The number of pyridine rings is 1. The van der Waals surface area contributed by atoms with Crippen LogP contribution in [0.15, 0.2) is 42.5 Å². The zero-order valence-corrected chi connectivity index (χ0v) is 15.1. The van der Waals surface area contributed by atoms with Crippen LogP contribution in [0.5, 0.6) is 5.75 Å². The normalized spacial score (nSPS) is 11.2. The first-order chi connectivity index (χ1) is 11.7. The molecule has 1 heterocycles. The molecule has 0 bridgehead atoms. The quantitative estimate of drug-likeness (QED) is 0.788. The van der Waals surface area contributed by atoms with Crippen LogP contribution in [0.2, 0.25) is 0 Å². The van der Waals surface area contributed by atoms with Gasteiger partial charge < -0.3 is 10.1 Å². The lowest BCUT2D eigenvalue weighted by Gasteiger charge is -2.11. The van der Waals surface area contributed by atoms with Gasteiger partial charge in [-0.05, 0) is 57.2 Å². The van der Waals surface area contributed by atoms with Gasteiger partial charge in [-0.1, -0.05) is 6.07 Å². The molecule has 0 aliphatic rings. The van der Waals surface area contributed by atoms with Crippen molar-refractivity contribution in [3.05, 3.63) is 48.2 Å². The number of hydrogen-bond acceptors (Lipinski definition) is 5. The van der Waals surface area contributed by atoms with E-state index in [1.165, 1.54) is 0 Å². The number of amides is 1. The second-order valence-electron chi connectivity index (χ2n) is 5.76. The van der Waals surface area contributed by atoms with Gasteiger partial charge in [0.2, 0.25) is 15.9 Å². The van der Waals surface area contributed by atoms with Gasteiger partial charge in [0.15, 0.2) is 0 Å². The van der Waals surface area contributed by atoms with Crippen molar-refractivity contribution in [1.29, 1.82) is 0 Å². The van der Waals surface area contributed by atoms with Crippen molar-refractivity contribution >= 4 is 27.4 Å². The lowest BCUT2D eigenvalue weighted by Crippen LogP contribution is -2.27. The zero-order valence-electron chi connectivity index (χ0n) is 14.3. The molecule has 0 saturated heterocycles. The topological polar surface area (TPSA) is 97.4 Å². The molecular weight excluding hydrogens is 342 g/mol. The second kappa shape index (κ2) is 7.98. The van der Waals surface area contributed by atoms with Crippen molar-refractivity contribution in [3.63, 3.8) is 0 Å². The Bertz CT molecular complexity index is 833. The number of rotatable bonds is 7. The molecule has 0 spiro atoms. The highest BCUT2D eigenvalue weighted by Gasteiger charge is 2.17. The third-order valence-electron chi connectivity index (χ3n) is 2.98. The molecule has 0 saturated carbocycles. The lowest BCUT2D eigenvalue weighted by atomic mass is 10.3. The van der Waals surface area contributed by atoms with Gasteiger partial charge in [-0.3, -0.25) is 9.52 Å². The standard InChI is InChI=1S/C17H21N3O4S/c1-12(2)24-15-9-7-14(8-10-15)20-25(22,23)11-17(21)19-16-6-4-5-13(3)18-16/h4-10,12,20H,11H2,1-3H3,(H,18,19,21). The van der Waals surface area contributed by atoms with E-state index >= 15 is 0 Å². The van der Waals surface area contributed by atoms with Gasteiger partial charge in [0.05, 0.1) is 6.10 Å². The van der Waals surface area contributed by atoms with E-state index < -0.39 is 21.7 Å². The molecule has 25 heavy (non-hydrogen) atoms. The molecule has 1 amide bonds. The summed E-state index contributed by atoms with van der Waals surface area (Å²) >= 11 is 0. The highest BCUT2D eigenvalue weighted by molar-refractivity contribution is 7.93. The third-order valence-corrected chi connectivity index (χ3v) is 4.17. The van der Waals surface area contributed by atoms with E-state index in [0.717, 1.165) is 5.69 Å². The van der Waals surface area contributed by atoms with E-state index in [1.807, 2.05) is 13.8 Å². The molecule has 8 heteroatoms. The van der Waals surface area contributed by atoms with Gasteiger partial charge in [0.25, 0.3) is 0 Å². The number of hydrogen-bond donors (Lipinski definition) is 2. The van der Waals surface area contributed by atoms with Crippen LogP contribution in [-0.2, 0) is 14.8 Å². The van der Waals surface area contributed by atoms with E-state index in [0.29, 0.717) is 17.3 Å². The van der Waals surface area contributed by atoms with E-state index in [1.54, 1.807) is 49.4 Å². The number of aryl methyl sites for hydroxylation is 1. The van der Waals surface area contributed by atoms with Crippen molar-refractivity contribution in [2.24, 2.45) is 0 Å². The van der Waals surface area contributed by atoms with Crippen molar-refractivity contribution in [1.82, 2.24) is 4.98 Å². The Hall–Kier alpha value is -2.61. The number of nitrogens with one attached hydrogen (secondary N) is 2. The number of benzene rings is 1. The maximum atomic E-state index is 12.1. The number of nitrogens with zero attached hydrogens (tertiary/aromatic N) is 1. The Balaban J connectivity index is 1.95. The van der Waals surface area contributed by atoms with Crippen LogP contribution in [0.25, 0.3) is 0 Å². The predicted octanol–water partition coefficient (Wildman–Crippen LogP) is 2.56. The van der Waals surface area contributed by atoms with Crippen molar-refractivity contribution in [2.75, 3.05) is 15.8 Å². The Morgan fingerprint density at radius 2 is 1.84 bits per heavy atom. The molecule has 1 aromatic heterocycles. The summed E-state index contributed by atoms with van der Waals surface area (Å²) in [5.74, 6) is -0.408. The molecule has 1 aromatic carbocycles. The van der Waals surface area contributed by atoms with Gasteiger partial charge in [0, 0.05) is 11.4 Å². The van der Waals surface area contributed by atoms with E-state index in [4.69, 9.17) is 4.74 Å². The minimum absolute atomic E-state index is 0.0291. The molecule has 0 unspecified atom stereocenters. The summed E-state index contributed by atoms with van der Waals surface area (Å²) in [4.78, 5) is 16.0. The van der Waals surface area contributed by atoms with Crippen molar-refractivity contribution < 1.29 is 17.9 Å². The fraction of sp³-hybridized carbons (Fsp3) is 0.294. The maximum absolute atomic E-state index is 12.1. The van der Waals surface area contributed by atoms with Gasteiger partial charge in [-0.25, -0.2) is 13.4 Å². The maximum Gasteiger partial charge on any atom is 0.242 e. The van der Waals surface area contributed by atoms with Gasteiger partial charge >= 0.3 is 0 Å². The second-order valence-corrected chi connectivity index (χ2v) is 7.49. The molecule has 2 aromatic rings. The Labute approximate surface area is 147 Å². The number of sulfonamides is 1. The highest BCUT2D eigenvalue weighted by Crippen LogP contribution is 2.18. The molecule has 0 atom stereocenters. The number of carbonyl (C=O) groups is 1. The first-order valence-corrected chi connectivity index (χ1v) is 9.39. The molecule has 0 aliphatic heterocycles. The van der Waals surface area contributed by atoms with Crippen LogP contribution in [0, 0.1) is 6.92 Å². The van der Waals surface area contributed by atoms with E-state index in [-0.39, 0.29) is 6.10 Å². The fourth-order valence-corrected chi connectivity index (χ4v) is 3.04. The largest absolute Gasteiger partial charge is 0.491 e. The molecule has 0 radical (unpaired) electrons. The third kappa shape index (κ3) is 6.42. The molecule has 2 N–H and O–H groups in total. The Kier molecular flexibility index (Phi) is 5.97. The smallest absolute Gasteiger partial charge is 0.242 e. The Morgan fingerprint density at radius 1 is 1.16 bits per heavy atom. The predicted molar refractivity (Wildman–Crippen MR) is 97.2 cm³/mol. The van der Waals surface area contributed by atoms with Crippen molar-refractivity contribution in [2.45, 2.75) is 26.9 Å². The van der Waals surface area contributed by atoms with E-state index in [2.05, 4.69) is 15.0 Å². The number of anilines is 2. The summed E-state index contributed by atoms with van der Waals surface area (Å²) in [6.07, 6.45) is 0.0291. The van der Waals surface area contributed by atoms with Crippen LogP contribution in [0.1, 0.15) is 19.5 Å². The molecule has 0 fully saturated rings. The van der Waals surface area contributed by atoms with Crippen LogP contribution in [0.3, 0.4) is 0 Å². The number of aromatic nitrogens is 1. The molecular formula is C17H21N3O4S. The molecule has 134 valence electrons. The van der Waals surface area contributed by atoms with Gasteiger partial charge in [-0.15, -0.1) is 0 Å². The first kappa shape index (κ1) is 18.7. The molecule has 0 aliphatic carbocycles. The van der Waals surface area contributed by atoms with Gasteiger partial charge in [0.1, 0.15) is 17.3 Å². The van der Waals surface area contributed by atoms with Crippen LogP contribution >= 0.6 is 0 Å². The van der Waals surface area contributed by atoms with Crippen LogP contribution < -0.4 is 14.8 Å². The summed E-state index contributed by atoms with van der Waals surface area (Å²) < 4.78 is 32.1. The number of carbonyl (C=O) groups excluding carboxylic acids is 1.